The second kappa shape index (κ2) is 3.25. The standard InChI is InChI=1S/C9H12N4O/c1-5-4-7(5)11-8-3-2-6(9(10)14)12-13-8/h2-3,5,7H,4H2,1H3,(H2,10,14)(H,11,13). The summed E-state index contributed by atoms with van der Waals surface area (Å²) < 4.78 is 0. The molecule has 0 saturated heterocycles. The summed E-state index contributed by atoms with van der Waals surface area (Å²) in [5, 5.41) is 10.8. The Morgan fingerprint density at radius 1 is 1.57 bits per heavy atom. The highest BCUT2D eigenvalue weighted by Crippen LogP contribution is 2.31. The number of nitrogens with zero attached hydrogens (tertiary/aromatic N) is 2. The van der Waals surface area contributed by atoms with E-state index in [4.69, 9.17) is 5.73 Å². The van der Waals surface area contributed by atoms with Gasteiger partial charge in [0.2, 0.25) is 0 Å². The van der Waals surface area contributed by atoms with Gasteiger partial charge in [0.05, 0.1) is 0 Å². The molecule has 1 aromatic rings. The molecule has 0 radical (unpaired) electrons. The zero-order valence-electron chi connectivity index (χ0n) is 7.90. The van der Waals surface area contributed by atoms with E-state index in [0.717, 1.165) is 0 Å². The normalized spacial score (nSPS) is 24.4. The van der Waals surface area contributed by atoms with E-state index in [1.165, 1.54) is 6.42 Å². The molecule has 2 atom stereocenters. The van der Waals surface area contributed by atoms with Crippen molar-refractivity contribution < 1.29 is 4.79 Å². The van der Waals surface area contributed by atoms with E-state index < -0.39 is 5.91 Å². The molecule has 74 valence electrons. The van der Waals surface area contributed by atoms with Gasteiger partial charge in [0.1, 0.15) is 5.82 Å². The van der Waals surface area contributed by atoms with Crippen LogP contribution < -0.4 is 11.1 Å². The molecule has 0 bridgehead atoms. The molecule has 1 amide bonds. The summed E-state index contributed by atoms with van der Waals surface area (Å²) in [5.74, 6) is 0.848. The lowest BCUT2D eigenvalue weighted by molar-refractivity contribution is 0.0994. The number of anilines is 1. The number of nitrogens with two attached hydrogens (primary N) is 1. The monoisotopic (exact) mass is 192 g/mol. The summed E-state index contributed by atoms with van der Waals surface area (Å²) in [6, 6.07) is 3.80. The first-order valence-electron chi connectivity index (χ1n) is 4.57. The van der Waals surface area contributed by atoms with Crippen molar-refractivity contribution in [1.82, 2.24) is 10.2 Å². The average molecular weight is 192 g/mol. The van der Waals surface area contributed by atoms with Crippen LogP contribution in [-0.4, -0.2) is 22.1 Å². The van der Waals surface area contributed by atoms with Crippen LogP contribution in [0.4, 0.5) is 5.82 Å². The second-order valence-electron chi connectivity index (χ2n) is 3.63. The van der Waals surface area contributed by atoms with Crippen molar-refractivity contribution in [2.45, 2.75) is 19.4 Å². The molecule has 1 heterocycles. The van der Waals surface area contributed by atoms with Crippen molar-refractivity contribution in [3.05, 3.63) is 17.8 Å². The Morgan fingerprint density at radius 2 is 2.29 bits per heavy atom. The van der Waals surface area contributed by atoms with E-state index in [-0.39, 0.29) is 5.69 Å². The fourth-order valence-electron chi connectivity index (χ4n) is 1.25. The van der Waals surface area contributed by atoms with Gasteiger partial charge in [-0.2, -0.15) is 0 Å². The summed E-state index contributed by atoms with van der Waals surface area (Å²) >= 11 is 0. The quantitative estimate of drug-likeness (QED) is 0.726. The topological polar surface area (TPSA) is 80.9 Å². The SMILES string of the molecule is CC1CC1Nc1ccc(C(N)=O)nn1. The average Bonchev–Trinajstić information content (AvgIpc) is 2.82. The Morgan fingerprint density at radius 3 is 2.71 bits per heavy atom. The molecule has 2 rings (SSSR count). The minimum absolute atomic E-state index is 0.194. The minimum atomic E-state index is -0.552. The number of hydrogen-bond donors (Lipinski definition) is 2. The Hall–Kier alpha value is -1.65. The lowest BCUT2D eigenvalue weighted by atomic mass is 10.3. The molecule has 5 nitrogen and oxygen atoms in total. The van der Waals surface area contributed by atoms with Crippen molar-refractivity contribution in [3.63, 3.8) is 0 Å². The lowest BCUT2D eigenvalue weighted by Crippen LogP contribution is -2.14. The maximum absolute atomic E-state index is 10.7. The third-order valence-electron chi connectivity index (χ3n) is 2.36. The van der Waals surface area contributed by atoms with E-state index in [1.54, 1.807) is 12.1 Å². The smallest absolute Gasteiger partial charge is 0.269 e. The van der Waals surface area contributed by atoms with E-state index in [9.17, 15) is 4.79 Å². The molecular weight excluding hydrogens is 180 g/mol. The third kappa shape index (κ3) is 1.81. The molecule has 1 saturated carbocycles. The van der Waals surface area contributed by atoms with Crippen molar-refractivity contribution in [1.29, 1.82) is 0 Å². The summed E-state index contributed by atoms with van der Waals surface area (Å²) in [4.78, 5) is 10.7. The molecule has 1 fully saturated rings. The predicted octanol–water partition coefficient (Wildman–Crippen LogP) is 0.396. The fourth-order valence-corrected chi connectivity index (χ4v) is 1.25. The van der Waals surface area contributed by atoms with Crippen LogP contribution in [0.3, 0.4) is 0 Å². The number of hydrogen-bond acceptors (Lipinski definition) is 4. The number of rotatable bonds is 3. The molecule has 1 aliphatic carbocycles. The van der Waals surface area contributed by atoms with Gasteiger partial charge in [0.25, 0.3) is 5.91 Å². The molecule has 1 aromatic heterocycles. The van der Waals surface area contributed by atoms with E-state index in [1.807, 2.05) is 0 Å². The Labute approximate surface area is 81.7 Å². The molecule has 0 aliphatic heterocycles. The van der Waals surface area contributed by atoms with Gasteiger partial charge in [-0.15, -0.1) is 10.2 Å². The summed E-state index contributed by atoms with van der Waals surface area (Å²) in [7, 11) is 0. The zero-order valence-corrected chi connectivity index (χ0v) is 7.90. The van der Waals surface area contributed by atoms with Gasteiger partial charge in [0.15, 0.2) is 5.69 Å². The maximum atomic E-state index is 10.7. The zero-order chi connectivity index (χ0) is 10.1. The van der Waals surface area contributed by atoms with Crippen molar-refractivity contribution >= 4 is 11.7 Å². The minimum Gasteiger partial charge on any atom is -0.366 e. The van der Waals surface area contributed by atoms with Gasteiger partial charge >= 0.3 is 0 Å². The summed E-state index contributed by atoms with van der Waals surface area (Å²) in [6.07, 6.45) is 1.17. The van der Waals surface area contributed by atoms with Crippen LogP contribution in [0.5, 0.6) is 0 Å². The highest BCUT2D eigenvalue weighted by molar-refractivity contribution is 5.90. The number of primary amides is 1. The molecule has 2 unspecified atom stereocenters. The van der Waals surface area contributed by atoms with Crippen molar-refractivity contribution in [2.24, 2.45) is 11.7 Å². The van der Waals surface area contributed by atoms with Crippen molar-refractivity contribution in [2.75, 3.05) is 5.32 Å². The van der Waals surface area contributed by atoms with Crippen LogP contribution in [0.2, 0.25) is 0 Å². The third-order valence-corrected chi connectivity index (χ3v) is 2.36. The van der Waals surface area contributed by atoms with Gasteiger partial charge in [-0.1, -0.05) is 6.92 Å². The number of nitrogens with one attached hydrogen (secondary N) is 1. The first-order valence-corrected chi connectivity index (χ1v) is 4.57. The van der Waals surface area contributed by atoms with Crippen LogP contribution in [0.25, 0.3) is 0 Å². The molecule has 1 aliphatic rings. The van der Waals surface area contributed by atoms with Crippen LogP contribution in [-0.2, 0) is 0 Å². The van der Waals surface area contributed by atoms with Crippen LogP contribution in [0, 0.1) is 5.92 Å². The first kappa shape index (κ1) is 8.93. The molecule has 0 aromatic carbocycles. The Balaban J connectivity index is 2.02. The van der Waals surface area contributed by atoms with E-state index in [2.05, 4.69) is 22.4 Å². The summed E-state index contributed by atoms with van der Waals surface area (Å²) in [6.45, 7) is 2.17. The molecule has 14 heavy (non-hydrogen) atoms. The number of carbonyl (C=O) groups is 1. The number of carbonyl (C=O) groups excluding carboxylic acids is 1. The molecule has 5 heteroatoms. The maximum Gasteiger partial charge on any atom is 0.269 e. The highest BCUT2D eigenvalue weighted by atomic mass is 16.1. The second-order valence-corrected chi connectivity index (χ2v) is 3.63. The van der Waals surface area contributed by atoms with E-state index >= 15 is 0 Å². The van der Waals surface area contributed by atoms with Crippen LogP contribution in [0.1, 0.15) is 23.8 Å². The molecular formula is C9H12N4O. The summed E-state index contributed by atoms with van der Waals surface area (Å²) in [5.41, 5.74) is 5.23. The molecule has 0 spiro atoms. The highest BCUT2D eigenvalue weighted by Gasteiger charge is 2.32. The van der Waals surface area contributed by atoms with Crippen LogP contribution in [0.15, 0.2) is 12.1 Å². The lowest BCUT2D eigenvalue weighted by Gasteiger charge is -2.02. The predicted molar refractivity (Wildman–Crippen MR) is 51.7 cm³/mol. The van der Waals surface area contributed by atoms with Gasteiger partial charge in [-0.3, -0.25) is 4.79 Å². The van der Waals surface area contributed by atoms with Gasteiger partial charge in [-0.05, 0) is 24.5 Å². The number of aromatic nitrogens is 2. The fraction of sp³-hybridized carbons (Fsp3) is 0.444. The van der Waals surface area contributed by atoms with E-state index in [0.29, 0.717) is 17.8 Å². The largest absolute Gasteiger partial charge is 0.366 e. The van der Waals surface area contributed by atoms with Gasteiger partial charge < -0.3 is 11.1 Å². The Bertz CT molecular complexity index is 348. The Kier molecular flexibility index (Phi) is 2.07. The molecule has 3 N–H and O–H groups in total. The number of amides is 1. The van der Waals surface area contributed by atoms with Crippen molar-refractivity contribution in [3.8, 4) is 0 Å². The van der Waals surface area contributed by atoms with Crippen LogP contribution >= 0.6 is 0 Å². The van der Waals surface area contributed by atoms with Gasteiger partial charge in [0, 0.05) is 6.04 Å². The first-order chi connectivity index (χ1) is 6.66. The van der Waals surface area contributed by atoms with Gasteiger partial charge in [-0.25, -0.2) is 0 Å².